The first-order valence-corrected chi connectivity index (χ1v) is 10.4. The second-order valence-electron chi connectivity index (χ2n) is 6.82. The maximum absolute atomic E-state index is 6.38. The van der Waals surface area contributed by atoms with Crippen molar-refractivity contribution >= 4 is 46.0 Å². The van der Waals surface area contributed by atoms with Crippen LogP contribution >= 0.6 is 23.2 Å². The smallest absolute Gasteiger partial charge is 0.229 e. The molecule has 7 nitrogen and oxygen atoms in total. The van der Waals surface area contributed by atoms with E-state index in [1.807, 2.05) is 42.7 Å². The number of aromatic nitrogens is 4. The highest BCUT2D eigenvalue weighted by Crippen LogP contribution is 2.31. The second-order valence-corrected chi connectivity index (χ2v) is 7.63. The summed E-state index contributed by atoms with van der Waals surface area (Å²) in [6.07, 6.45) is 0.719. The van der Waals surface area contributed by atoms with Crippen molar-refractivity contribution in [1.82, 2.24) is 19.5 Å². The minimum absolute atomic E-state index is 0.439. The van der Waals surface area contributed by atoms with Crippen LogP contribution in [0.3, 0.4) is 0 Å². The van der Waals surface area contributed by atoms with Gasteiger partial charge in [0.2, 0.25) is 5.95 Å². The van der Waals surface area contributed by atoms with Crippen molar-refractivity contribution in [2.24, 2.45) is 0 Å². The van der Waals surface area contributed by atoms with E-state index in [1.165, 1.54) is 0 Å². The van der Waals surface area contributed by atoms with E-state index in [2.05, 4.69) is 10.3 Å². The van der Waals surface area contributed by atoms with Gasteiger partial charge in [-0.2, -0.15) is 4.98 Å². The predicted molar refractivity (Wildman–Crippen MR) is 124 cm³/mol. The third-order valence-corrected chi connectivity index (χ3v) is 5.46. The highest BCUT2D eigenvalue weighted by Gasteiger charge is 2.18. The molecule has 0 saturated heterocycles. The standard InChI is InChI=1S/C22H21Cl2N5O2/c1-5-19-27-20-12(2)25-22(26-13-6-8-17(30-3)15(23)10-13)28-21(20)29(19)14-7-9-18(31-4)16(24)11-14/h6-11H,5H2,1-4H3,(H,25,26,28). The molecule has 31 heavy (non-hydrogen) atoms. The van der Waals surface area contributed by atoms with Gasteiger partial charge in [0, 0.05) is 12.1 Å². The molecule has 0 radical (unpaired) electrons. The molecule has 0 aliphatic rings. The Morgan fingerprint density at radius 1 is 0.935 bits per heavy atom. The molecule has 160 valence electrons. The minimum Gasteiger partial charge on any atom is -0.495 e. The van der Waals surface area contributed by atoms with Gasteiger partial charge in [-0.05, 0) is 43.3 Å². The van der Waals surface area contributed by atoms with Crippen LogP contribution in [0.15, 0.2) is 36.4 Å². The molecule has 0 saturated carbocycles. The Bertz CT molecular complexity index is 1270. The second kappa shape index (κ2) is 8.61. The number of nitrogens with zero attached hydrogens (tertiary/aromatic N) is 4. The van der Waals surface area contributed by atoms with Gasteiger partial charge in [0.15, 0.2) is 5.65 Å². The Hall–Kier alpha value is -3.03. The maximum Gasteiger partial charge on any atom is 0.229 e. The predicted octanol–water partition coefficient (Wildman–Crippen LogP) is 5.75. The number of anilines is 2. The molecule has 0 aliphatic heterocycles. The number of aryl methyl sites for hydroxylation is 2. The fourth-order valence-corrected chi connectivity index (χ4v) is 3.88. The van der Waals surface area contributed by atoms with E-state index in [0.29, 0.717) is 33.1 Å². The van der Waals surface area contributed by atoms with Gasteiger partial charge in [0.1, 0.15) is 22.8 Å². The van der Waals surface area contributed by atoms with E-state index in [4.69, 9.17) is 42.6 Å². The van der Waals surface area contributed by atoms with E-state index >= 15 is 0 Å². The summed E-state index contributed by atoms with van der Waals surface area (Å²) in [5.41, 5.74) is 3.79. The molecule has 0 unspecified atom stereocenters. The molecule has 1 N–H and O–H groups in total. The molecule has 4 rings (SSSR count). The number of rotatable bonds is 6. The van der Waals surface area contributed by atoms with Crippen LogP contribution in [0.25, 0.3) is 16.9 Å². The fourth-order valence-electron chi connectivity index (χ4n) is 3.37. The number of imidazole rings is 1. The van der Waals surface area contributed by atoms with Gasteiger partial charge in [-0.25, -0.2) is 9.97 Å². The van der Waals surface area contributed by atoms with Gasteiger partial charge in [-0.1, -0.05) is 30.1 Å². The molecule has 4 aromatic rings. The van der Waals surface area contributed by atoms with E-state index < -0.39 is 0 Å². The van der Waals surface area contributed by atoms with Crippen LogP contribution in [0.1, 0.15) is 18.4 Å². The Labute approximate surface area is 190 Å². The zero-order chi connectivity index (χ0) is 22.1. The van der Waals surface area contributed by atoms with Crippen LogP contribution in [-0.2, 0) is 6.42 Å². The van der Waals surface area contributed by atoms with E-state index in [1.54, 1.807) is 26.4 Å². The van der Waals surface area contributed by atoms with Crippen molar-refractivity contribution in [2.45, 2.75) is 20.3 Å². The van der Waals surface area contributed by atoms with Crippen molar-refractivity contribution < 1.29 is 9.47 Å². The topological polar surface area (TPSA) is 74.1 Å². The SMILES string of the molecule is CCc1nc2c(C)nc(Nc3ccc(OC)c(Cl)c3)nc2n1-c1ccc(OC)c(Cl)c1. The molecule has 2 heterocycles. The molecule has 2 aromatic carbocycles. The van der Waals surface area contributed by atoms with Crippen LogP contribution in [-0.4, -0.2) is 33.7 Å². The maximum atomic E-state index is 6.38. The highest BCUT2D eigenvalue weighted by molar-refractivity contribution is 6.32. The van der Waals surface area contributed by atoms with Gasteiger partial charge in [-0.3, -0.25) is 4.57 Å². The zero-order valence-electron chi connectivity index (χ0n) is 17.5. The monoisotopic (exact) mass is 457 g/mol. The summed E-state index contributed by atoms with van der Waals surface area (Å²) in [5.74, 6) is 2.51. The average Bonchev–Trinajstić information content (AvgIpc) is 3.13. The number of nitrogens with one attached hydrogen (secondary N) is 1. The summed E-state index contributed by atoms with van der Waals surface area (Å²) >= 11 is 12.6. The van der Waals surface area contributed by atoms with Crippen LogP contribution in [0.2, 0.25) is 10.0 Å². The fraction of sp³-hybridized carbons (Fsp3) is 0.227. The molecule has 2 aromatic heterocycles. The molecule has 0 spiro atoms. The Morgan fingerprint density at radius 3 is 2.23 bits per heavy atom. The van der Waals surface area contributed by atoms with Crippen molar-refractivity contribution in [3.63, 3.8) is 0 Å². The summed E-state index contributed by atoms with van der Waals surface area (Å²) < 4.78 is 12.5. The van der Waals surface area contributed by atoms with Crippen LogP contribution in [0.5, 0.6) is 11.5 Å². The van der Waals surface area contributed by atoms with Gasteiger partial charge < -0.3 is 14.8 Å². The molecule has 0 amide bonds. The third-order valence-electron chi connectivity index (χ3n) is 4.87. The molecule has 9 heteroatoms. The van der Waals surface area contributed by atoms with Crippen molar-refractivity contribution in [2.75, 3.05) is 19.5 Å². The minimum atomic E-state index is 0.439. The van der Waals surface area contributed by atoms with Gasteiger partial charge in [0.05, 0.1) is 35.6 Å². The zero-order valence-corrected chi connectivity index (χ0v) is 19.0. The van der Waals surface area contributed by atoms with Crippen molar-refractivity contribution in [3.05, 3.63) is 58.0 Å². The Kier molecular flexibility index (Phi) is 5.89. The summed E-state index contributed by atoms with van der Waals surface area (Å²) in [5, 5.41) is 4.23. The van der Waals surface area contributed by atoms with E-state index in [0.717, 1.165) is 34.8 Å². The Morgan fingerprint density at radius 2 is 1.61 bits per heavy atom. The summed E-state index contributed by atoms with van der Waals surface area (Å²) in [6, 6.07) is 11.0. The number of halogens is 2. The number of hydrogen-bond acceptors (Lipinski definition) is 6. The number of benzene rings is 2. The number of ether oxygens (including phenoxy) is 2. The molecule has 0 bridgehead atoms. The third kappa shape index (κ3) is 3.98. The normalized spacial score (nSPS) is 11.0. The van der Waals surface area contributed by atoms with Crippen molar-refractivity contribution in [3.8, 4) is 17.2 Å². The van der Waals surface area contributed by atoms with E-state index in [-0.39, 0.29) is 0 Å². The number of fused-ring (bicyclic) bond motifs is 1. The number of methoxy groups -OCH3 is 2. The molecule has 0 fully saturated rings. The van der Waals surface area contributed by atoms with Gasteiger partial charge in [-0.15, -0.1) is 0 Å². The first-order valence-electron chi connectivity index (χ1n) is 9.65. The van der Waals surface area contributed by atoms with E-state index in [9.17, 15) is 0 Å². The lowest BCUT2D eigenvalue weighted by molar-refractivity contribution is 0.415. The average molecular weight is 458 g/mol. The van der Waals surface area contributed by atoms with Gasteiger partial charge in [0.25, 0.3) is 0 Å². The van der Waals surface area contributed by atoms with Crippen molar-refractivity contribution in [1.29, 1.82) is 0 Å². The largest absolute Gasteiger partial charge is 0.495 e. The highest BCUT2D eigenvalue weighted by atomic mass is 35.5. The lowest BCUT2D eigenvalue weighted by Crippen LogP contribution is -2.04. The van der Waals surface area contributed by atoms with Crippen LogP contribution in [0.4, 0.5) is 11.6 Å². The molecular weight excluding hydrogens is 437 g/mol. The van der Waals surface area contributed by atoms with Crippen LogP contribution in [0, 0.1) is 6.92 Å². The summed E-state index contributed by atoms with van der Waals surface area (Å²) in [7, 11) is 3.16. The lowest BCUT2D eigenvalue weighted by atomic mass is 10.3. The van der Waals surface area contributed by atoms with Gasteiger partial charge >= 0.3 is 0 Å². The first-order chi connectivity index (χ1) is 14.9. The Balaban J connectivity index is 1.83. The number of hydrogen-bond donors (Lipinski definition) is 1. The summed E-state index contributed by atoms with van der Waals surface area (Å²) in [4.78, 5) is 14.1. The molecule has 0 atom stereocenters. The van der Waals surface area contributed by atoms with Crippen LogP contribution < -0.4 is 14.8 Å². The lowest BCUT2D eigenvalue weighted by Gasteiger charge is -2.11. The summed E-state index contributed by atoms with van der Waals surface area (Å²) in [6.45, 7) is 3.96. The first kappa shape index (κ1) is 21.2. The molecule has 0 aliphatic carbocycles. The quantitative estimate of drug-likeness (QED) is 0.397. The molecular formula is C22H21Cl2N5O2.